The summed E-state index contributed by atoms with van der Waals surface area (Å²) in [5, 5.41) is 41.6. The fourth-order valence-electron chi connectivity index (χ4n) is 4.29. The Labute approximate surface area is 199 Å². The van der Waals surface area contributed by atoms with Gasteiger partial charge in [0.25, 0.3) is 0 Å². The molecular weight excluding hydrogens is 422 g/mol. The molecule has 0 saturated carbocycles. The second-order valence-electron chi connectivity index (χ2n) is 9.60. The molecule has 1 aliphatic rings. The molecule has 0 aromatic heterocycles. The minimum atomic E-state index is -1.35. The van der Waals surface area contributed by atoms with Crippen molar-refractivity contribution in [1.29, 1.82) is 0 Å². The monoisotopic (exact) mass is 469 g/mol. The molecular formula is C26H47NO6. The van der Waals surface area contributed by atoms with Crippen molar-refractivity contribution in [3.05, 3.63) is 11.6 Å². The van der Waals surface area contributed by atoms with Crippen molar-refractivity contribution in [2.24, 2.45) is 0 Å². The molecule has 0 radical (unpaired) electrons. The van der Waals surface area contributed by atoms with Gasteiger partial charge in [-0.15, -0.1) is 0 Å². The van der Waals surface area contributed by atoms with Crippen LogP contribution in [0.4, 0.5) is 0 Å². The molecule has 192 valence electrons. The fourth-order valence-corrected chi connectivity index (χ4v) is 4.29. The van der Waals surface area contributed by atoms with Gasteiger partial charge in [0.1, 0.15) is 18.2 Å². The van der Waals surface area contributed by atoms with Gasteiger partial charge in [-0.25, -0.2) is 0 Å². The third-order valence-corrected chi connectivity index (χ3v) is 6.48. The first-order valence-corrected chi connectivity index (χ1v) is 13.0. The van der Waals surface area contributed by atoms with Gasteiger partial charge < -0.3 is 25.7 Å². The van der Waals surface area contributed by atoms with Crippen LogP contribution in [0.1, 0.15) is 110 Å². The number of carbonyl (C=O) groups is 2. The predicted molar refractivity (Wildman–Crippen MR) is 130 cm³/mol. The number of unbranched alkanes of at least 4 members (excludes halogenated alkanes) is 12. The molecule has 7 heteroatoms. The average molecular weight is 470 g/mol. The normalized spacial score (nSPS) is 22.5. The molecule has 1 rings (SSSR count). The van der Waals surface area contributed by atoms with Crippen LogP contribution in [0.5, 0.6) is 0 Å². The number of nitrogens with one attached hydrogen (secondary N) is 1. The largest absolute Gasteiger partial charge is 0.391 e. The molecule has 0 bridgehead atoms. The highest BCUT2D eigenvalue weighted by molar-refractivity contribution is 5.97. The highest BCUT2D eigenvalue weighted by Crippen LogP contribution is 2.20. The number of aliphatic hydroxyl groups excluding tert-OH is 4. The molecule has 5 N–H and O–H groups in total. The number of Topliss-reactive ketones (excluding diaryl/α,β-unsaturated/α-hetero) is 1. The molecule has 33 heavy (non-hydrogen) atoms. The van der Waals surface area contributed by atoms with Crippen molar-refractivity contribution in [3.63, 3.8) is 0 Å². The van der Waals surface area contributed by atoms with Gasteiger partial charge in [0.2, 0.25) is 5.91 Å². The molecule has 0 fully saturated rings. The summed E-state index contributed by atoms with van der Waals surface area (Å²) in [5.74, 6) is -0.844. The van der Waals surface area contributed by atoms with Gasteiger partial charge in [-0.2, -0.15) is 0 Å². The molecule has 0 unspecified atom stereocenters. The van der Waals surface area contributed by atoms with Crippen LogP contribution in [0.25, 0.3) is 0 Å². The van der Waals surface area contributed by atoms with Gasteiger partial charge >= 0.3 is 0 Å². The van der Waals surface area contributed by atoms with E-state index in [0.29, 0.717) is 0 Å². The minimum absolute atomic E-state index is 0.0970. The van der Waals surface area contributed by atoms with E-state index >= 15 is 0 Å². The molecule has 5 atom stereocenters. The zero-order chi connectivity index (χ0) is 24.6. The Morgan fingerprint density at radius 2 is 1.39 bits per heavy atom. The van der Waals surface area contributed by atoms with E-state index in [0.717, 1.165) is 19.3 Å². The lowest BCUT2D eigenvalue weighted by molar-refractivity contribution is -0.129. The van der Waals surface area contributed by atoms with Crippen molar-refractivity contribution in [1.82, 2.24) is 5.32 Å². The molecule has 0 spiro atoms. The first-order valence-electron chi connectivity index (χ1n) is 13.0. The van der Waals surface area contributed by atoms with Crippen LogP contribution in [-0.4, -0.2) is 62.6 Å². The van der Waals surface area contributed by atoms with Gasteiger partial charge in [-0.05, 0) is 19.4 Å². The van der Waals surface area contributed by atoms with Gasteiger partial charge in [0, 0.05) is 18.4 Å². The summed E-state index contributed by atoms with van der Waals surface area (Å²) in [6, 6.07) is -1.03. The highest BCUT2D eigenvalue weighted by atomic mass is 16.4. The third kappa shape index (κ3) is 12.1. The predicted octanol–water partition coefficient (Wildman–Crippen LogP) is 3.32. The van der Waals surface area contributed by atoms with Crippen molar-refractivity contribution >= 4 is 11.7 Å². The Kier molecular flexibility index (Phi) is 15.5. The topological polar surface area (TPSA) is 127 Å². The van der Waals surface area contributed by atoms with Crippen molar-refractivity contribution in [3.8, 4) is 0 Å². The summed E-state index contributed by atoms with van der Waals surface area (Å²) in [6.45, 7) is 3.69. The zero-order valence-electron chi connectivity index (χ0n) is 20.7. The standard InChI is InChI=1S/C26H47NO6/c1-3-4-5-6-7-8-9-10-11-12-13-14-15-16-21(29)24(19(2)28)27-26(33)20-17-22(30)25(32)23(31)18-20/h17,19,22-25,28,30-32H,3-16,18H2,1-2H3,(H,27,33)/t19-,22+,23+,24+,25+/m1/s1. The Bertz CT molecular complexity index is 591. The molecule has 7 nitrogen and oxygen atoms in total. The first-order chi connectivity index (χ1) is 15.8. The van der Waals surface area contributed by atoms with Crippen molar-refractivity contribution in [2.75, 3.05) is 0 Å². The van der Waals surface area contributed by atoms with Crippen LogP contribution in [0.2, 0.25) is 0 Å². The number of aliphatic hydroxyl groups is 4. The van der Waals surface area contributed by atoms with E-state index in [1.54, 1.807) is 0 Å². The van der Waals surface area contributed by atoms with E-state index in [1.807, 2.05) is 0 Å². The maximum Gasteiger partial charge on any atom is 0.247 e. The highest BCUT2D eigenvalue weighted by Gasteiger charge is 2.33. The third-order valence-electron chi connectivity index (χ3n) is 6.48. The van der Waals surface area contributed by atoms with E-state index < -0.39 is 36.4 Å². The van der Waals surface area contributed by atoms with Crippen LogP contribution in [-0.2, 0) is 9.59 Å². The minimum Gasteiger partial charge on any atom is -0.391 e. The summed E-state index contributed by atoms with van der Waals surface area (Å²) in [5.41, 5.74) is 0.0970. The molecule has 0 aromatic rings. The summed E-state index contributed by atoms with van der Waals surface area (Å²) >= 11 is 0. The summed E-state index contributed by atoms with van der Waals surface area (Å²) in [6.07, 6.45) is 12.2. The van der Waals surface area contributed by atoms with Gasteiger partial charge in [0.15, 0.2) is 5.78 Å². The van der Waals surface area contributed by atoms with Crippen LogP contribution in [0.15, 0.2) is 11.6 Å². The maximum absolute atomic E-state index is 12.6. The zero-order valence-corrected chi connectivity index (χ0v) is 20.7. The lowest BCUT2D eigenvalue weighted by atomic mass is 9.91. The molecule has 0 saturated heterocycles. The molecule has 0 aromatic carbocycles. The Balaban J connectivity index is 2.21. The maximum atomic E-state index is 12.6. The number of rotatable bonds is 18. The quantitative estimate of drug-likeness (QED) is 0.196. The van der Waals surface area contributed by atoms with Gasteiger partial charge in [0.05, 0.1) is 12.2 Å². The Morgan fingerprint density at radius 1 is 0.909 bits per heavy atom. The van der Waals surface area contributed by atoms with Crippen molar-refractivity contribution in [2.45, 2.75) is 141 Å². The van der Waals surface area contributed by atoms with Crippen LogP contribution < -0.4 is 5.32 Å². The van der Waals surface area contributed by atoms with Crippen LogP contribution in [0, 0.1) is 0 Å². The number of hydrogen-bond donors (Lipinski definition) is 5. The van der Waals surface area contributed by atoms with Crippen LogP contribution >= 0.6 is 0 Å². The first kappa shape index (κ1) is 29.8. The summed E-state index contributed by atoms with van der Waals surface area (Å²) in [4.78, 5) is 25.0. The summed E-state index contributed by atoms with van der Waals surface area (Å²) in [7, 11) is 0. The van der Waals surface area contributed by atoms with E-state index in [2.05, 4.69) is 12.2 Å². The van der Waals surface area contributed by atoms with E-state index in [9.17, 15) is 30.0 Å². The molecule has 0 aliphatic heterocycles. The second kappa shape index (κ2) is 17.2. The molecule has 1 amide bonds. The van der Waals surface area contributed by atoms with E-state index in [1.165, 1.54) is 77.2 Å². The van der Waals surface area contributed by atoms with E-state index in [4.69, 9.17) is 0 Å². The molecule has 0 heterocycles. The van der Waals surface area contributed by atoms with Gasteiger partial charge in [-0.1, -0.05) is 84.0 Å². The van der Waals surface area contributed by atoms with Gasteiger partial charge in [-0.3, -0.25) is 9.59 Å². The second-order valence-corrected chi connectivity index (χ2v) is 9.60. The number of carbonyl (C=O) groups excluding carboxylic acids is 2. The average Bonchev–Trinajstić information content (AvgIpc) is 2.77. The Hall–Kier alpha value is -1.28. The Morgan fingerprint density at radius 3 is 1.85 bits per heavy atom. The number of amides is 1. The smallest absolute Gasteiger partial charge is 0.247 e. The number of ketones is 1. The summed E-state index contributed by atoms with van der Waals surface area (Å²) < 4.78 is 0. The van der Waals surface area contributed by atoms with Crippen LogP contribution in [0.3, 0.4) is 0 Å². The SMILES string of the molecule is CCCCCCCCCCCCCCCC(=O)[C@@H](NC(=O)C1=C[C@H](O)[C@H](O)[C@@H](O)C1)[C@@H](C)O. The number of hydrogen-bond acceptors (Lipinski definition) is 6. The van der Waals surface area contributed by atoms with Crippen molar-refractivity contribution < 1.29 is 30.0 Å². The fraction of sp³-hybridized carbons (Fsp3) is 0.846. The van der Waals surface area contributed by atoms with E-state index in [-0.39, 0.29) is 24.2 Å². The lowest BCUT2D eigenvalue weighted by Crippen LogP contribution is -2.49. The lowest BCUT2D eigenvalue weighted by Gasteiger charge is -2.28. The molecule has 1 aliphatic carbocycles.